The Morgan fingerprint density at radius 3 is 2.23 bits per heavy atom. The zero-order valence-electron chi connectivity index (χ0n) is 24.4. The quantitative estimate of drug-likeness (QED) is 0.221. The molecule has 10 nitrogen and oxygen atoms in total. The number of hydrogen-bond acceptors (Lipinski definition) is 7. The number of benzene rings is 1. The van der Waals surface area contributed by atoms with Crippen LogP contribution in [0.25, 0.3) is 0 Å². The fraction of sp³-hybridized carbons (Fsp3) is 0.621. The van der Waals surface area contributed by atoms with E-state index in [1.807, 2.05) is 20.8 Å². The molecule has 0 saturated heterocycles. The van der Waals surface area contributed by atoms with Gasteiger partial charge >= 0.3 is 6.09 Å². The predicted molar refractivity (Wildman–Crippen MR) is 152 cm³/mol. The third-order valence-electron chi connectivity index (χ3n) is 6.30. The first-order valence-corrected chi connectivity index (χ1v) is 13.6. The molecule has 0 heterocycles. The number of carbonyl (C=O) groups excluding carboxylic acids is 5. The molecule has 0 spiro atoms. The van der Waals surface area contributed by atoms with E-state index in [1.165, 1.54) is 19.0 Å². The van der Waals surface area contributed by atoms with Crippen LogP contribution in [0.2, 0.25) is 0 Å². The van der Waals surface area contributed by atoms with E-state index in [0.29, 0.717) is 31.3 Å². The van der Waals surface area contributed by atoms with Crippen LogP contribution in [0.5, 0.6) is 0 Å². The molecule has 1 atom stereocenters. The van der Waals surface area contributed by atoms with Gasteiger partial charge in [-0.3, -0.25) is 14.4 Å². The molecule has 1 rings (SSSR count). The third-order valence-corrected chi connectivity index (χ3v) is 6.30. The van der Waals surface area contributed by atoms with Crippen molar-refractivity contribution in [3.05, 3.63) is 29.3 Å². The van der Waals surface area contributed by atoms with Crippen LogP contribution >= 0.6 is 0 Å². The van der Waals surface area contributed by atoms with Gasteiger partial charge in [-0.15, -0.1) is 0 Å². The van der Waals surface area contributed by atoms with Crippen LogP contribution in [0, 0.1) is 0 Å². The highest BCUT2D eigenvalue weighted by atomic mass is 16.6. The van der Waals surface area contributed by atoms with Gasteiger partial charge in [0, 0.05) is 51.9 Å². The summed E-state index contributed by atoms with van der Waals surface area (Å²) in [5, 5.41) is 5.77. The SMILES string of the molecule is CNC(=O)CCC(C=O)N(C)C(=O)c1c(C=O)cccc1NCCCCCCCCN(C)C(=O)OC(C)(C)C. The number of unbranched alkanes of at least 4 members (excludes halogenated alkanes) is 5. The number of nitrogens with zero attached hydrogens (tertiary/aromatic N) is 2. The van der Waals surface area contributed by atoms with Crippen LogP contribution in [-0.2, 0) is 14.3 Å². The van der Waals surface area contributed by atoms with E-state index in [0.717, 1.165) is 38.5 Å². The summed E-state index contributed by atoms with van der Waals surface area (Å²) in [5.41, 5.74) is 0.501. The number of rotatable bonds is 17. The predicted octanol–water partition coefficient (Wildman–Crippen LogP) is 4.28. The van der Waals surface area contributed by atoms with Gasteiger partial charge in [-0.1, -0.05) is 37.8 Å². The molecule has 0 aromatic heterocycles. The third kappa shape index (κ3) is 12.3. The van der Waals surface area contributed by atoms with Crippen LogP contribution in [-0.4, -0.2) is 86.2 Å². The van der Waals surface area contributed by atoms with Crippen LogP contribution in [0.3, 0.4) is 0 Å². The Balaban J connectivity index is 2.54. The second kappa shape index (κ2) is 17.2. The maximum Gasteiger partial charge on any atom is 0.410 e. The number of likely N-dealkylation sites (N-methyl/N-ethyl adjacent to an activating group) is 1. The molecule has 0 aliphatic heterocycles. The Morgan fingerprint density at radius 1 is 1.00 bits per heavy atom. The Labute approximate surface area is 232 Å². The summed E-state index contributed by atoms with van der Waals surface area (Å²) in [6.45, 7) is 6.84. The van der Waals surface area contributed by atoms with E-state index in [-0.39, 0.29) is 36.0 Å². The molecule has 1 aromatic rings. The average molecular weight is 547 g/mol. The molecule has 0 saturated carbocycles. The standard InChI is InChI=1S/C29H46N4O6/c1-29(2,3)39-28(38)32(5)19-12-10-8-7-9-11-18-31-24-15-13-14-22(20-34)26(24)27(37)33(6)23(21-35)16-17-25(36)30-4/h13-15,20-21,23,31H,7-12,16-19H2,1-6H3,(H,30,36). The second-order valence-corrected chi connectivity index (χ2v) is 10.7. The zero-order valence-corrected chi connectivity index (χ0v) is 24.4. The molecule has 2 N–H and O–H groups in total. The minimum atomic E-state index is -0.786. The van der Waals surface area contributed by atoms with Gasteiger partial charge in [0.15, 0.2) is 6.29 Å². The van der Waals surface area contributed by atoms with Crippen LogP contribution in [0.15, 0.2) is 18.2 Å². The van der Waals surface area contributed by atoms with Crippen molar-refractivity contribution in [3.8, 4) is 0 Å². The lowest BCUT2D eigenvalue weighted by Crippen LogP contribution is -2.39. The van der Waals surface area contributed by atoms with Gasteiger partial charge in [-0.2, -0.15) is 0 Å². The Morgan fingerprint density at radius 2 is 1.64 bits per heavy atom. The molecule has 3 amide bonds. The van der Waals surface area contributed by atoms with Gasteiger partial charge in [-0.05, 0) is 46.1 Å². The van der Waals surface area contributed by atoms with Crippen molar-refractivity contribution in [1.82, 2.24) is 15.1 Å². The molecule has 0 aliphatic carbocycles. The number of carbonyl (C=O) groups is 5. The molecular weight excluding hydrogens is 500 g/mol. The van der Waals surface area contributed by atoms with E-state index in [1.54, 1.807) is 30.1 Å². The maximum atomic E-state index is 13.3. The Hall–Kier alpha value is -3.43. The molecule has 1 unspecified atom stereocenters. The number of anilines is 1. The summed E-state index contributed by atoms with van der Waals surface area (Å²) in [6.07, 6.45) is 7.19. The largest absolute Gasteiger partial charge is 0.444 e. The van der Waals surface area contributed by atoms with Crippen molar-refractivity contribution in [2.24, 2.45) is 0 Å². The number of amides is 3. The minimum Gasteiger partial charge on any atom is -0.444 e. The fourth-order valence-electron chi connectivity index (χ4n) is 3.97. The summed E-state index contributed by atoms with van der Waals surface area (Å²) >= 11 is 0. The number of hydrogen-bond donors (Lipinski definition) is 2. The molecule has 0 bridgehead atoms. The average Bonchev–Trinajstić information content (AvgIpc) is 2.90. The molecule has 0 fully saturated rings. The lowest BCUT2D eigenvalue weighted by molar-refractivity contribution is -0.121. The summed E-state index contributed by atoms with van der Waals surface area (Å²) in [6, 6.07) is 4.24. The number of ether oxygens (including phenoxy) is 1. The first-order valence-electron chi connectivity index (χ1n) is 13.6. The smallest absolute Gasteiger partial charge is 0.410 e. The van der Waals surface area contributed by atoms with Crippen molar-refractivity contribution in [2.45, 2.75) is 83.8 Å². The monoisotopic (exact) mass is 546 g/mol. The van der Waals surface area contributed by atoms with Crippen molar-refractivity contribution in [2.75, 3.05) is 39.5 Å². The normalized spacial score (nSPS) is 11.7. The molecule has 0 radical (unpaired) electrons. The van der Waals surface area contributed by atoms with E-state index in [9.17, 15) is 24.0 Å². The summed E-state index contributed by atoms with van der Waals surface area (Å²) in [4.78, 5) is 63.1. The highest BCUT2D eigenvalue weighted by Gasteiger charge is 2.25. The van der Waals surface area contributed by atoms with E-state index in [4.69, 9.17) is 4.74 Å². The van der Waals surface area contributed by atoms with Crippen molar-refractivity contribution in [3.63, 3.8) is 0 Å². The number of nitrogens with one attached hydrogen (secondary N) is 2. The van der Waals surface area contributed by atoms with Gasteiger partial charge in [0.1, 0.15) is 11.9 Å². The molecular formula is C29H46N4O6. The molecule has 0 aliphatic rings. The lowest BCUT2D eigenvalue weighted by atomic mass is 10.0. The molecule has 39 heavy (non-hydrogen) atoms. The van der Waals surface area contributed by atoms with Gasteiger partial charge in [-0.25, -0.2) is 4.79 Å². The first-order chi connectivity index (χ1) is 18.4. The van der Waals surface area contributed by atoms with E-state index < -0.39 is 17.6 Å². The summed E-state index contributed by atoms with van der Waals surface area (Å²) < 4.78 is 5.36. The maximum absolute atomic E-state index is 13.3. The topological polar surface area (TPSA) is 125 Å². The van der Waals surface area contributed by atoms with Crippen molar-refractivity contribution in [1.29, 1.82) is 0 Å². The summed E-state index contributed by atoms with van der Waals surface area (Å²) in [5.74, 6) is -0.669. The van der Waals surface area contributed by atoms with Gasteiger partial charge in [0.25, 0.3) is 5.91 Å². The Bertz CT molecular complexity index is 960. The highest BCUT2D eigenvalue weighted by molar-refractivity contribution is 6.06. The van der Waals surface area contributed by atoms with Gasteiger partial charge < -0.3 is 30.0 Å². The van der Waals surface area contributed by atoms with Crippen molar-refractivity contribution < 1.29 is 28.7 Å². The second-order valence-electron chi connectivity index (χ2n) is 10.7. The number of aldehydes is 2. The zero-order chi connectivity index (χ0) is 29.4. The minimum absolute atomic E-state index is 0.110. The highest BCUT2D eigenvalue weighted by Crippen LogP contribution is 2.22. The van der Waals surface area contributed by atoms with E-state index in [2.05, 4.69) is 10.6 Å². The Kier molecular flexibility index (Phi) is 14.8. The van der Waals surface area contributed by atoms with Crippen molar-refractivity contribution >= 4 is 36.2 Å². The fourth-order valence-corrected chi connectivity index (χ4v) is 3.97. The van der Waals surface area contributed by atoms with Crippen LogP contribution in [0.4, 0.5) is 10.5 Å². The van der Waals surface area contributed by atoms with Crippen LogP contribution < -0.4 is 10.6 Å². The molecule has 10 heteroatoms. The lowest BCUT2D eigenvalue weighted by Gasteiger charge is -2.25. The molecule has 218 valence electrons. The first kappa shape index (κ1) is 33.6. The van der Waals surface area contributed by atoms with Gasteiger partial charge in [0.05, 0.1) is 11.6 Å². The molecule has 1 aromatic carbocycles. The van der Waals surface area contributed by atoms with E-state index >= 15 is 0 Å². The summed E-state index contributed by atoms with van der Waals surface area (Å²) in [7, 11) is 4.77. The van der Waals surface area contributed by atoms with Crippen LogP contribution in [0.1, 0.15) is 92.9 Å². The van der Waals surface area contributed by atoms with Gasteiger partial charge in [0.2, 0.25) is 5.91 Å².